The number of anilines is 9. The monoisotopic (exact) mass is 941 g/mol. The highest BCUT2D eigenvalue weighted by molar-refractivity contribution is 7.33. The molecular formula is C66H48BN3OS. The summed E-state index contributed by atoms with van der Waals surface area (Å²) in [5.74, 6) is 0. The van der Waals surface area contributed by atoms with Gasteiger partial charge in [0.2, 0.25) is 0 Å². The summed E-state index contributed by atoms with van der Waals surface area (Å²) in [4.78, 5) is 7.44. The van der Waals surface area contributed by atoms with Gasteiger partial charge >= 0.3 is 0 Å². The van der Waals surface area contributed by atoms with Crippen molar-refractivity contribution in [2.75, 3.05) is 14.7 Å². The average Bonchev–Trinajstić information content (AvgIpc) is 4.01. The number of hydrogen-bond donors (Lipinski definition) is 0. The fourth-order valence-corrected chi connectivity index (χ4v) is 12.7. The van der Waals surface area contributed by atoms with Crippen molar-refractivity contribution in [1.82, 2.24) is 0 Å². The third-order valence-electron chi connectivity index (χ3n) is 14.8. The topological polar surface area (TPSA) is 22.9 Å². The van der Waals surface area contributed by atoms with Crippen LogP contribution < -0.4 is 30.4 Å². The van der Waals surface area contributed by atoms with Crippen LogP contribution >= 0.6 is 11.3 Å². The smallest absolute Gasteiger partial charge is 0.264 e. The van der Waals surface area contributed by atoms with E-state index in [-0.39, 0.29) is 12.1 Å². The van der Waals surface area contributed by atoms with Gasteiger partial charge in [-0.2, -0.15) is 0 Å². The summed E-state index contributed by atoms with van der Waals surface area (Å²) in [6.07, 6.45) is 0. The maximum absolute atomic E-state index is 7.27. The maximum Gasteiger partial charge on any atom is 0.264 e. The molecule has 72 heavy (non-hydrogen) atoms. The van der Waals surface area contributed by atoms with Gasteiger partial charge in [0.1, 0.15) is 5.58 Å². The van der Waals surface area contributed by atoms with Gasteiger partial charge in [-0.1, -0.05) is 178 Å². The second-order valence-corrected chi connectivity index (χ2v) is 21.1. The van der Waals surface area contributed by atoms with Gasteiger partial charge in [0.25, 0.3) is 6.71 Å². The molecule has 2 aliphatic rings. The van der Waals surface area contributed by atoms with E-state index in [0.717, 1.165) is 78.6 Å². The molecule has 0 atom stereocenters. The molecule has 14 rings (SSSR count). The van der Waals surface area contributed by atoms with E-state index >= 15 is 0 Å². The molecule has 2 aliphatic heterocycles. The van der Waals surface area contributed by atoms with Crippen LogP contribution in [0.5, 0.6) is 0 Å². The summed E-state index contributed by atoms with van der Waals surface area (Å²) in [5, 5.41) is 3.43. The summed E-state index contributed by atoms with van der Waals surface area (Å²) in [6.45, 7) is 6.80. The van der Waals surface area contributed by atoms with E-state index in [1.807, 2.05) is 11.3 Å². The highest BCUT2D eigenvalue weighted by Gasteiger charge is 2.46. The van der Waals surface area contributed by atoms with Gasteiger partial charge in [0.15, 0.2) is 5.58 Å². The number of hydrogen-bond acceptors (Lipinski definition) is 5. The second-order valence-electron chi connectivity index (χ2n) is 20.1. The normalized spacial score (nSPS) is 12.8. The van der Waals surface area contributed by atoms with E-state index in [2.05, 4.69) is 272 Å². The van der Waals surface area contributed by atoms with Gasteiger partial charge in [-0.25, -0.2) is 0 Å². The van der Waals surface area contributed by atoms with Crippen LogP contribution in [0.15, 0.2) is 241 Å². The molecule has 4 nitrogen and oxygen atoms in total. The fourth-order valence-electron chi connectivity index (χ4n) is 11.4. The number of rotatable bonds is 7. The van der Waals surface area contributed by atoms with Crippen LogP contribution in [0.1, 0.15) is 26.3 Å². The zero-order chi connectivity index (χ0) is 48.1. The van der Waals surface area contributed by atoms with Crippen molar-refractivity contribution in [2.24, 2.45) is 0 Å². The molecule has 0 bridgehead atoms. The van der Waals surface area contributed by atoms with Crippen LogP contribution in [-0.2, 0) is 5.41 Å². The molecule has 0 radical (unpaired) electrons. The van der Waals surface area contributed by atoms with Crippen LogP contribution in [0, 0.1) is 0 Å². The lowest BCUT2D eigenvalue weighted by Crippen LogP contribution is -2.60. The van der Waals surface area contributed by atoms with E-state index in [9.17, 15) is 0 Å². The van der Waals surface area contributed by atoms with Gasteiger partial charge in [-0.15, -0.1) is 11.3 Å². The summed E-state index contributed by atoms with van der Waals surface area (Å²) in [7, 11) is 0. The zero-order valence-corrected chi connectivity index (χ0v) is 41.1. The minimum atomic E-state index is -0.0596. The van der Waals surface area contributed by atoms with Gasteiger partial charge in [-0.05, 0) is 117 Å². The Morgan fingerprint density at radius 2 is 1.04 bits per heavy atom. The SMILES string of the molecule is CC(C)(C)c1ccc(N2c3cc(N(c4ccccc4)c4ccccc4)ccc3B3c4sc5ccc(-c6ccccc6)cc5c4N(c4cccc5c4oc4c(-c6ccccc6)cccc45)c4cccc2c43)cc1. The third-order valence-corrected chi connectivity index (χ3v) is 16.0. The molecule has 2 aromatic heterocycles. The molecule has 0 spiro atoms. The Labute approximate surface area is 424 Å². The van der Waals surface area contributed by atoms with Crippen molar-refractivity contribution in [3.05, 3.63) is 242 Å². The van der Waals surface area contributed by atoms with E-state index in [1.165, 1.54) is 48.2 Å². The Balaban J connectivity index is 1.06. The first kappa shape index (κ1) is 42.3. The van der Waals surface area contributed by atoms with Crippen molar-refractivity contribution in [1.29, 1.82) is 0 Å². The number of furan rings is 1. The Morgan fingerprint density at radius 1 is 0.444 bits per heavy atom. The third kappa shape index (κ3) is 6.67. The van der Waals surface area contributed by atoms with Crippen molar-refractivity contribution in [3.8, 4) is 22.3 Å². The first-order chi connectivity index (χ1) is 35.4. The lowest BCUT2D eigenvalue weighted by atomic mass is 9.36. The molecule has 0 fully saturated rings. The molecule has 0 unspecified atom stereocenters. The summed E-state index contributed by atoms with van der Waals surface area (Å²) in [5.41, 5.74) is 20.3. The first-order valence-electron chi connectivity index (χ1n) is 24.9. The highest BCUT2D eigenvalue weighted by Crippen LogP contribution is 2.51. The van der Waals surface area contributed by atoms with Gasteiger partial charge in [-0.3, -0.25) is 0 Å². The summed E-state index contributed by atoms with van der Waals surface area (Å²) < 4.78 is 9.83. The van der Waals surface area contributed by atoms with Gasteiger partial charge in [0.05, 0.1) is 11.4 Å². The lowest BCUT2D eigenvalue weighted by Gasteiger charge is -2.43. The van der Waals surface area contributed by atoms with Crippen LogP contribution in [0.25, 0.3) is 54.3 Å². The van der Waals surface area contributed by atoms with Crippen LogP contribution in [-0.4, -0.2) is 6.71 Å². The average molecular weight is 942 g/mol. The van der Waals surface area contributed by atoms with Gasteiger partial charge in [0, 0.05) is 71.0 Å². The molecule has 4 heterocycles. The lowest BCUT2D eigenvalue weighted by molar-refractivity contribution is 0.590. The second kappa shape index (κ2) is 16.5. The molecule has 0 aliphatic carbocycles. The Morgan fingerprint density at radius 3 is 1.72 bits per heavy atom. The molecule has 12 aromatic rings. The van der Waals surface area contributed by atoms with Crippen molar-refractivity contribution < 1.29 is 4.42 Å². The first-order valence-corrected chi connectivity index (χ1v) is 25.7. The number of nitrogens with zero attached hydrogens (tertiary/aromatic N) is 3. The van der Waals surface area contributed by atoms with Crippen molar-refractivity contribution >= 4 is 117 Å². The van der Waals surface area contributed by atoms with E-state index in [0.29, 0.717) is 0 Å². The van der Waals surface area contributed by atoms with Crippen LogP contribution in [0.4, 0.5) is 51.2 Å². The minimum absolute atomic E-state index is 0.00632. The Bertz CT molecular complexity index is 3990. The van der Waals surface area contributed by atoms with Gasteiger partial charge < -0.3 is 19.1 Å². The Kier molecular flexibility index (Phi) is 9.71. The predicted molar refractivity (Wildman–Crippen MR) is 307 cm³/mol. The van der Waals surface area contributed by atoms with Crippen LogP contribution in [0.2, 0.25) is 0 Å². The maximum atomic E-state index is 7.27. The molecule has 0 amide bonds. The molecule has 0 saturated heterocycles. The van der Waals surface area contributed by atoms with Crippen molar-refractivity contribution in [2.45, 2.75) is 26.2 Å². The highest BCUT2D eigenvalue weighted by atomic mass is 32.1. The van der Waals surface area contributed by atoms with E-state index < -0.39 is 0 Å². The molecule has 10 aromatic carbocycles. The number of benzene rings is 10. The number of fused-ring (bicyclic) bond motifs is 9. The number of para-hydroxylation sites is 4. The Hall–Kier alpha value is -8.58. The van der Waals surface area contributed by atoms with E-state index in [1.54, 1.807) is 0 Å². The zero-order valence-electron chi connectivity index (χ0n) is 40.3. The van der Waals surface area contributed by atoms with Crippen LogP contribution in [0.3, 0.4) is 0 Å². The summed E-state index contributed by atoms with van der Waals surface area (Å²) >= 11 is 1.92. The quantitative estimate of drug-likeness (QED) is 0.149. The molecule has 0 N–H and O–H groups in total. The molecule has 6 heteroatoms. The fraction of sp³-hybridized carbons (Fsp3) is 0.0606. The summed E-state index contributed by atoms with van der Waals surface area (Å²) in [6, 6.07) is 86.5. The minimum Gasteiger partial charge on any atom is -0.453 e. The van der Waals surface area contributed by atoms with E-state index in [4.69, 9.17) is 4.42 Å². The number of thiophene rings is 1. The molecule has 0 saturated carbocycles. The standard InChI is InChI=1S/C66H48BN3OS/c1-66(2,3)46-34-36-49(37-35-46)69-56-30-18-31-57-61(56)67(55-39-38-50(42-59(55)69)68(47-23-12-6-13-24-47)48-25-14-7-15-26-48)65-62(54-41-45(33-40-60(54)72-65)43-19-8-4-9-20-43)70(57)58-32-17-29-53-52-28-16-27-51(63(52)71-64(53)58)44-21-10-5-11-22-44/h4-42H,1-3H3. The van der Waals surface area contributed by atoms with Crippen molar-refractivity contribution in [3.63, 3.8) is 0 Å². The largest absolute Gasteiger partial charge is 0.453 e. The predicted octanol–water partition coefficient (Wildman–Crippen LogP) is 17.0. The molecular weight excluding hydrogens is 894 g/mol. The molecule has 342 valence electrons.